The zero-order valence-corrected chi connectivity index (χ0v) is 16.0. The minimum Gasteiger partial charge on any atom is -0.339 e. The van der Waals surface area contributed by atoms with Crippen LogP contribution in [0.15, 0.2) is 84.3 Å². The number of hydrogen-bond donors (Lipinski definition) is 1. The number of hydrogen-bond acceptors (Lipinski definition) is 4. The van der Waals surface area contributed by atoms with Crippen molar-refractivity contribution in [2.24, 2.45) is 4.99 Å². The van der Waals surface area contributed by atoms with Gasteiger partial charge in [-0.3, -0.25) is 14.8 Å². The second-order valence-electron chi connectivity index (χ2n) is 6.41. The van der Waals surface area contributed by atoms with Crippen LogP contribution in [0.25, 0.3) is 6.08 Å². The van der Waals surface area contributed by atoms with Crippen molar-refractivity contribution in [1.29, 1.82) is 0 Å². The summed E-state index contributed by atoms with van der Waals surface area (Å²) in [5.74, 6) is 0.690. The van der Waals surface area contributed by atoms with Gasteiger partial charge in [-0.15, -0.1) is 0 Å². The number of carbonyl (C=O) groups is 1. The van der Waals surface area contributed by atoms with Crippen molar-refractivity contribution in [3.05, 3.63) is 96.1 Å². The monoisotopic (exact) mass is 388 g/mol. The highest BCUT2D eigenvalue weighted by Gasteiger charge is 2.19. The Morgan fingerprint density at radius 2 is 1.96 bits per heavy atom. The molecule has 0 fully saturated rings. The molecule has 0 aliphatic carbocycles. The van der Waals surface area contributed by atoms with Gasteiger partial charge in [-0.05, 0) is 35.4 Å². The van der Waals surface area contributed by atoms with Crippen LogP contribution in [-0.4, -0.2) is 32.4 Å². The van der Waals surface area contributed by atoms with Gasteiger partial charge < -0.3 is 9.88 Å². The molecule has 1 aliphatic heterocycles. The van der Waals surface area contributed by atoms with E-state index >= 15 is 0 Å². The third-order valence-electron chi connectivity index (χ3n) is 4.37. The van der Waals surface area contributed by atoms with E-state index in [0.29, 0.717) is 17.4 Å². The van der Waals surface area contributed by atoms with E-state index in [1.54, 1.807) is 24.2 Å². The quantitative estimate of drug-likeness (QED) is 0.722. The number of thioether (sulfide) groups is 1. The average molecular weight is 388 g/mol. The Labute approximate surface area is 168 Å². The molecule has 28 heavy (non-hydrogen) atoms. The van der Waals surface area contributed by atoms with Gasteiger partial charge in [0, 0.05) is 30.9 Å². The summed E-state index contributed by atoms with van der Waals surface area (Å²) in [7, 11) is 0. The lowest BCUT2D eigenvalue weighted by Crippen LogP contribution is -2.29. The van der Waals surface area contributed by atoms with Crippen molar-refractivity contribution >= 4 is 28.9 Å². The second-order valence-corrected chi connectivity index (χ2v) is 7.42. The van der Waals surface area contributed by atoms with Gasteiger partial charge in [0.05, 0.1) is 6.04 Å². The summed E-state index contributed by atoms with van der Waals surface area (Å²) in [6.45, 7) is 0.625. The molecule has 140 valence electrons. The molecule has 1 aromatic carbocycles. The maximum Gasteiger partial charge on any atom is 0.273 e. The maximum absolute atomic E-state index is 12.7. The van der Waals surface area contributed by atoms with Gasteiger partial charge in [0.1, 0.15) is 5.69 Å². The second kappa shape index (κ2) is 8.71. The first-order valence-corrected chi connectivity index (χ1v) is 10.1. The zero-order valence-electron chi connectivity index (χ0n) is 15.2. The van der Waals surface area contributed by atoms with Gasteiger partial charge in [0.25, 0.3) is 5.91 Å². The molecule has 0 saturated heterocycles. The Morgan fingerprint density at radius 3 is 2.79 bits per heavy atom. The van der Waals surface area contributed by atoms with E-state index in [1.165, 1.54) is 0 Å². The van der Waals surface area contributed by atoms with Gasteiger partial charge in [-0.2, -0.15) is 0 Å². The highest BCUT2D eigenvalue weighted by molar-refractivity contribution is 8.14. The fraction of sp³-hybridized carbons (Fsp3) is 0.136. The summed E-state index contributed by atoms with van der Waals surface area (Å²) in [6.07, 6.45) is 9.56. The van der Waals surface area contributed by atoms with Crippen molar-refractivity contribution in [2.45, 2.75) is 12.6 Å². The Balaban J connectivity index is 1.39. The van der Waals surface area contributed by atoms with Crippen molar-refractivity contribution in [3.8, 4) is 0 Å². The fourth-order valence-corrected chi connectivity index (χ4v) is 3.84. The summed E-state index contributed by atoms with van der Waals surface area (Å²) in [5.41, 5.74) is 2.86. The molecule has 1 aliphatic rings. The molecule has 6 heteroatoms. The summed E-state index contributed by atoms with van der Waals surface area (Å²) in [4.78, 5) is 21.3. The number of amidine groups is 1. The molecule has 5 nitrogen and oxygen atoms in total. The molecule has 4 rings (SSSR count). The predicted molar refractivity (Wildman–Crippen MR) is 114 cm³/mol. The standard InChI is InChI=1S/C22H20N4OS/c27-21(20-7-4-14-26(20)15-18-10-12-23-13-11-18)25-22-24-19(16-28-22)9-8-17-5-2-1-3-6-17/h1-14,19H,15-16H2,(H,24,25,27)/b9-8+. The van der Waals surface area contributed by atoms with Crippen molar-refractivity contribution in [3.63, 3.8) is 0 Å². The first kappa shape index (κ1) is 18.3. The molecule has 0 bridgehead atoms. The van der Waals surface area contributed by atoms with E-state index in [9.17, 15) is 4.79 Å². The smallest absolute Gasteiger partial charge is 0.273 e. The van der Waals surface area contributed by atoms with Crippen LogP contribution >= 0.6 is 11.8 Å². The molecule has 2 aromatic heterocycles. The topological polar surface area (TPSA) is 59.3 Å². The Bertz CT molecular complexity index is 996. The number of rotatable bonds is 5. The van der Waals surface area contributed by atoms with Crippen LogP contribution < -0.4 is 5.32 Å². The Kier molecular flexibility index (Phi) is 5.68. The fourth-order valence-electron chi connectivity index (χ4n) is 2.95. The molecule has 0 saturated carbocycles. The van der Waals surface area contributed by atoms with E-state index < -0.39 is 0 Å². The lowest BCUT2D eigenvalue weighted by molar-refractivity contribution is 0.0969. The summed E-state index contributed by atoms with van der Waals surface area (Å²) < 4.78 is 1.93. The van der Waals surface area contributed by atoms with E-state index in [4.69, 9.17) is 0 Å². The van der Waals surface area contributed by atoms with Crippen LogP contribution in [-0.2, 0) is 6.54 Å². The average Bonchev–Trinajstić information content (AvgIpc) is 3.37. The molecule has 0 radical (unpaired) electrons. The molecule has 1 unspecified atom stereocenters. The number of aromatic nitrogens is 2. The normalized spacial score (nSPS) is 16.3. The summed E-state index contributed by atoms with van der Waals surface area (Å²) in [5, 5.41) is 3.61. The highest BCUT2D eigenvalue weighted by atomic mass is 32.2. The number of nitrogens with zero attached hydrogens (tertiary/aromatic N) is 3. The van der Waals surface area contributed by atoms with Gasteiger partial charge in [-0.25, -0.2) is 0 Å². The molecule has 0 spiro atoms. The lowest BCUT2D eigenvalue weighted by atomic mass is 10.2. The van der Waals surface area contributed by atoms with Crippen LogP contribution in [0.3, 0.4) is 0 Å². The van der Waals surface area contributed by atoms with Crippen LogP contribution in [0.1, 0.15) is 21.6 Å². The molecule has 3 aromatic rings. The van der Waals surface area contributed by atoms with E-state index in [2.05, 4.69) is 39.6 Å². The number of aliphatic imine (C=N–C) groups is 1. The van der Waals surface area contributed by atoms with Gasteiger partial charge in [0.2, 0.25) is 0 Å². The van der Waals surface area contributed by atoms with E-state index in [-0.39, 0.29) is 11.9 Å². The summed E-state index contributed by atoms with van der Waals surface area (Å²) in [6, 6.07) is 17.8. The zero-order chi connectivity index (χ0) is 19.2. The highest BCUT2D eigenvalue weighted by Crippen LogP contribution is 2.19. The molecule has 1 atom stereocenters. The molecular formula is C22H20N4OS. The minimum atomic E-state index is -0.141. The maximum atomic E-state index is 12.7. The third kappa shape index (κ3) is 4.58. The Hall–Kier alpha value is -3.12. The molecule has 3 heterocycles. The first-order chi connectivity index (χ1) is 13.8. The van der Waals surface area contributed by atoms with Crippen molar-refractivity contribution < 1.29 is 4.79 Å². The van der Waals surface area contributed by atoms with Crippen molar-refractivity contribution in [2.75, 3.05) is 5.75 Å². The number of pyridine rings is 1. The third-order valence-corrected chi connectivity index (χ3v) is 5.36. The molecule has 1 amide bonds. The molecular weight excluding hydrogens is 368 g/mol. The van der Waals surface area contributed by atoms with Gasteiger partial charge >= 0.3 is 0 Å². The van der Waals surface area contributed by atoms with Crippen LogP contribution in [0.5, 0.6) is 0 Å². The van der Waals surface area contributed by atoms with Crippen LogP contribution in [0.4, 0.5) is 0 Å². The Morgan fingerprint density at radius 1 is 1.14 bits per heavy atom. The largest absolute Gasteiger partial charge is 0.339 e. The summed E-state index contributed by atoms with van der Waals surface area (Å²) >= 11 is 1.57. The van der Waals surface area contributed by atoms with Gasteiger partial charge in [-0.1, -0.05) is 54.2 Å². The predicted octanol–water partition coefficient (Wildman–Crippen LogP) is 3.85. The minimum absolute atomic E-state index is 0.0733. The molecule has 1 N–H and O–H groups in total. The van der Waals surface area contributed by atoms with E-state index in [0.717, 1.165) is 16.9 Å². The lowest BCUT2D eigenvalue weighted by Gasteiger charge is -2.09. The van der Waals surface area contributed by atoms with Crippen molar-refractivity contribution in [1.82, 2.24) is 14.9 Å². The van der Waals surface area contributed by atoms with Crippen LogP contribution in [0.2, 0.25) is 0 Å². The van der Waals surface area contributed by atoms with Crippen LogP contribution in [0, 0.1) is 0 Å². The number of carbonyl (C=O) groups excluding carboxylic acids is 1. The van der Waals surface area contributed by atoms with Gasteiger partial charge in [0.15, 0.2) is 5.17 Å². The first-order valence-electron chi connectivity index (χ1n) is 9.07. The number of benzene rings is 1. The number of amides is 1. The number of nitrogens with one attached hydrogen (secondary N) is 1. The SMILES string of the molecule is O=C(NC1=NC(/C=C/c2ccccc2)CS1)c1cccn1Cc1ccncc1. The van der Waals surface area contributed by atoms with E-state index in [1.807, 2.05) is 53.2 Å².